The lowest BCUT2D eigenvalue weighted by Crippen LogP contribution is -1.96. The topological polar surface area (TPSA) is 85.2 Å². The van der Waals surface area contributed by atoms with Crippen molar-refractivity contribution in [1.29, 1.82) is 0 Å². The van der Waals surface area contributed by atoms with Crippen LogP contribution in [0.15, 0.2) is 10.6 Å². The Morgan fingerprint density at radius 1 is 1.47 bits per heavy atom. The van der Waals surface area contributed by atoms with Crippen molar-refractivity contribution in [3.05, 3.63) is 28.1 Å². The molecule has 1 aromatic heterocycles. The zero-order valence-electron chi connectivity index (χ0n) is 9.49. The second-order valence-corrected chi connectivity index (χ2v) is 4.15. The number of phenols is 1. The Bertz CT molecular complexity index is 540. The van der Waals surface area contributed by atoms with E-state index in [1.54, 1.807) is 6.07 Å². The average molecular weight is 254 g/mol. The first-order valence-electron chi connectivity index (χ1n) is 5.06. The van der Waals surface area contributed by atoms with Crippen LogP contribution in [0.5, 0.6) is 5.75 Å². The number of benzene rings is 1. The predicted octanol–water partition coefficient (Wildman–Crippen LogP) is 2.17. The number of nitrogens with zero attached hydrogens (tertiary/aromatic N) is 2. The fourth-order valence-electron chi connectivity index (χ4n) is 1.57. The molecule has 0 fully saturated rings. The summed E-state index contributed by atoms with van der Waals surface area (Å²) in [6.45, 7) is 3.92. The first-order valence-corrected chi connectivity index (χ1v) is 5.44. The first-order chi connectivity index (χ1) is 8.04. The van der Waals surface area contributed by atoms with E-state index in [-0.39, 0.29) is 17.3 Å². The van der Waals surface area contributed by atoms with Crippen LogP contribution in [0.1, 0.15) is 17.0 Å². The molecule has 0 aliphatic heterocycles. The van der Waals surface area contributed by atoms with Crippen molar-refractivity contribution < 1.29 is 9.63 Å². The molecule has 1 heterocycles. The Kier molecular flexibility index (Phi) is 3.04. The highest BCUT2D eigenvalue weighted by atomic mass is 35.5. The molecule has 0 saturated carbocycles. The lowest BCUT2D eigenvalue weighted by atomic mass is 10.0. The summed E-state index contributed by atoms with van der Waals surface area (Å²) in [5, 5.41) is 14.0. The number of halogens is 1. The third-order valence-corrected chi connectivity index (χ3v) is 2.93. The lowest BCUT2D eigenvalue weighted by molar-refractivity contribution is 0.380. The van der Waals surface area contributed by atoms with Gasteiger partial charge in [0.1, 0.15) is 5.75 Å². The molecule has 2 rings (SSSR count). The molecular formula is C11H12ClN3O2. The van der Waals surface area contributed by atoms with Crippen molar-refractivity contribution >= 4 is 11.6 Å². The van der Waals surface area contributed by atoms with Crippen molar-refractivity contribution in [2.75, 3.05) is 0 Å². The highest BCUT2D eigenvalue weighted by Crippen LogP contribution is 2.38. The van der Waals surface area contributed by atoms with Gasteiger partial charge in [0.05, 0.1) is 17.1 Å². The lowest BCUT2D eigenvalue weighted by Gasteiger charge is -2.09. The van der Waals surface area contributed by atoms with Gasteiger partial charge in [0.25, 0.3) is 0 Å². The zero-order valence-corrected chi connectivity index (χ0v) is 10.2. The van der Waals surface area contributed by atoms with Crippen LogP contribution in [-0.2, 0) is 6.54 Å². The smallest absolute Gasteiger partial charge is 0.240 e. The van der Waals surface area contributed by atoms with Gasteiger partial charge >= 0.3 is 0 Å². The Morgan fingerprint density at radius 3 is 2.76 bits per heavy atom. The second kappa shape index (κ2) is 4.35. The van der Waals surface area contributed by atoms with Gasteiger partial charge in [-0.1, -0.05) is 16.8 Å². The van der Waals surface area contributed by atoms with Gasteiger partial charge in [-0.3, -0.25) is 0 Å². The standard InChI is InChI=1S/C11H12ClN3O2/c1-5-3-7(12)10(16)9(6(5)2)11-14-8(4-13)17-15-11/h3,16H,4,13H2,1-2H3. The van der Waals surface area contributed by atoms with Crippen LogP contribution in [0.25, 0.3) is 11.4 Å². The van der Waals surface area contributed by atoms with Gasteiger partial charge in [0.15, 0.2) is 0 Å². The molecule has 0 saturated heterocycles. The Labute approximate surface area is 103 Å². The second-order valence-electron chi connectivity index (χ2n) is 3.74. The van der Waals surface area contributed by atoms with Crippen LogP contribution in [-0.4, -0.2) is 15.2 Å². The normalized spacial score (nSPS) is 10.8. The maximum Gasteiger partial charge on any atom is 0.240 e. The molecule has 5 nitrogen and oxygen atoms in total. The molecule has 0 atom stereocenters. The van der Waals surface area contributed by atoms with Crippen molar-refractivity contribution in [1.82, 2.24) is 10.1 Å². The maximum atomic E-state index is 9.95. The third-order valence-electron chi connectivity index (χ3n) is 2.64. The summed E-state index contributed by atoms with van der Waals surface area (Å²) in [5.74, 6) is 0.571. The summed E-state index contributed by atoms with van der Waals surface area (Å²) in [7, 11) is 0. The van der Waals surface area contributed by atoms with Gasteiger partial charge in [0.2, 0.25) is 11.7 Å². The van der Waals surface area contributed by atoms with E-state index < -0.39 is 0 Å². The van der Waals surface area contributed by atoms with Crippen molar-refractivity contribution in [2.24, 2.45) is 5.73 Å². The SMILES string of the molecule is Cc1cc(Cl)c(O)c(-c2noc(CN)n2)c1C. The number of hydrogen-bond donors (Lipinski definition) is 2. The highest BCUT2D eigenvalue weighted by molar-refractivity contribution is 6.32. The van der Waals surface area contributed by atoms with Crippen molar-refractivity contribution in [3.63, 3.8) is 0 Å². The van der Waals surface area contributed by atoms with Gasteiger partial charge < -0.3 is 15.4 Å². The molecule has 0 spiro atoms. The summed E-state index contributed by atoms with van der Waals surface area (Å²) in [6, 6.07) is 1.69. The summed E-state index contributed by atoms with van der Waals surface area (Å²) >= 11 is 5.92. The van der Waals surface area contributed by atoms with Crippen LogP contribution in [0.2, 0.25) is 5.02 Å². The molecular weight excluding hydrogens is 242 g/mol. The van der Waals surface area contributed by atoms with Gasteiger partial charge in [-0.05, 0) is 31.0 Å². The van der Waals surface area contributed by atoms with Crippen LogP contribution < -0.4 is 5.73 Å². The fraction of sp³-hybridized carbons (Fsp3) is 0.273. The van der Waals surface area contributed by atoms with E-state index in [2.05, 4.69) is 10.1 Å². The average Bonchev–Trinajstić information content (AvgIpc) is 2.75. The minimum absolute atomic E-state index is 0.0425. The molecule has 6 heteroatoms. The molecule has 0 bridgehead atoms. The Morgan fingerprint density at radius 2 is 2.18 bits per heavy atom. The van der Waals surface area contributed by atoms with E-state index in [1.807, 2.05) is 13.8 Å². The van der Waals surface area contributed by atoms with Gasteiger partial charge in [0, 0.05) is 0 Å². The minimum atomic E-state index is -0.0425. The Balaban J connectivity index is 2.65. The van der Waals surface area contributed by atoms with Gasteiger partial charge in [-0.2, -0.15) is 4.98 Å². The molecule has 1 aromatic carbocycles. The largest absolute Gasteiger partial charge is 0.506 e. The quantitative estimate of drug-likeness (QED) is 0.857. The molecule has 90 valence electrons. The number of hydrogen-bond acceptors (Lipinski definition) is 5. The summed E-state index contributed by atoms with van der Waals surface area (Å²) < 4.78 is 4.92. The number of aromatic nitrogens is 2. The number of nitrogens with two attached hydrogens (primary N) is 1. The molecule has 2 aromatic rings. The minimum Gasteiger partial charge on any atom is -0.506 e. The summed E-state index contributed by atoms with van der Waals surface area (Å²) in [5.41, 5.74) is 7.68. The molecule has 0 amide bonds. The number of aryl methyl sites for hydroxylation is 1. The third kappa shape index (κ3) is 1.99. The van der Waals surface area contributed by atoms with Crippen LogP contribution in [0.4, 0.5) is 0 Å². The van der Waals surface area contributed by atoms with Crippen LogP contribution >= 0.6 is 11.6 Å². The summed E-state index contributed by atoms with van der Waals surface area (Å²) in [6.07, 6.45) is 0. The number of phenolic OH excluding ortho intramolecular Hbond substituents is 1. The van der Waals surface area contributed by atoms with Crippen molar-refractivity contribution in [3.8, 4) is 17.1 Å². The monoisotopic (exact) mass is 253 g/mol. The van der Waals surface area contributed by atoms with E-state index >= 15 is 0 Å². The molecule has 17 heavy (non-hydrogen) atoms. The zero-order chi connectivity index (χ0) is 12.6. The Hall–Kier alpha value is -1.59. The molecule has 0 radical (unpaired) electrons. The van der Waals surface area contributed by atoms with E-state index in [9.17, 15) is 5.11 Å². The van der Waals surface area contributed by atoms with Crippen LogP contribution in [0, 0.1) is 13.8 Å². The van der Waals surface area contributed by atoms with Crippen LogP contribution in [0.3, 0.4) is 0 Å². The van der Waals surface area contributed by atoms with E-state index in [1.165, 1.54) is 0 Å². The van der Waals surface area contributed by atoms with Crippen molar-refractivity contribution in [2.45, 2.75) is 20.4 Å². The number of aromatic hydroxyl groups is 1. The summed E-state index contributed by atoms with van der Waals surface area (Å²) in [4.78, 5) is 4.08. The predicted molar refractivity (Wildman–Crippen MR) is 63.8 cm³/mol. The maximum absolute atomic E-state index is 9.95. The molecule has 3 N–H and O–H groups in total. The van der Waals surface area contributed by atoms with Gasteiger partial charge in [-0.25, -0.2) is 0 Å². The highest BCUT2D eigenvalue weighted by Gasteiger charge is 2.18. The molecule has 0 aliphatic carbocycles. The molecule has 0 aliphatic rings. The first kappa shape index (κ1) is 11.9. The van der Waals surface area contributed by atoms with E-state index in [0.29, 0.717) is 17.3 Å². The fourth-order valence-corrected chi connectivity index (χ4v) is 1.83. The van der Waals surface area contributed by atoms with E-state index in [0.717, 1.165) is 11.1 Å². The molecule has 0 unspecified atom stereocenters. The number of rotatable bonds is 2. The van der Waals surface area contributed by atoms with E-state index in [4.69, 9.17) is 21.9 Å². The van der Waals surface area contributed by atoms with Gasteiger partial charge in [-0.15, -0.1) is 0 Å².